The molecular formula is C29H36N2O3S. The van der Waals surface area contributed by atoms with Gasteiger partial charge in [0.1, 0.15) is 5.75 Å². The van der Waals surface area contributed by atoms with Crippen LogP contribution in [0.25, 0.3) is 11.1 Å². The van der Waals surface area contributed by atoms with Gasteiger partial charge in [-0.05, 0) is 85.8 Å². The van der Waals surface area contributed by atoms with E-state index in [-0.39, 0.29) is 17.2 Å². The summed E-state index contributed by atoms with van der Waals surface area (Å²) in [4.78, 5) is 2.78. The molecule has 0 bridgehead atoms. The van der Waals surface area contributed by atoms with Crippen LogP contribution in [-0.2, 0) is 23.0 Å². The number of aromatic hydroxyl groups is 1. The molecule has 1 aliphatic carbocycles. The van der Waals surface area contributed by atoms with Gasteiger partial charge in [0.25, 0.3) is 0 Å². The fourth-order valence-electron chi connectivity index (χ4n) is 4.80. The van der Waals surface area contributed by atoms with Gasteiger partial charge in [-0.2, -0.15) is 0 Å². The summed E-state index contributed by atoms with van der Waals surface area (Å²) < 4.78 is 27.9. The molecule has 0 aliphatic heterocycles. The molecular weight excluding hydrogens is 456 g/mol. The molecule has 0 atom stereocenters. The van der Waals surface area contributed by atoms with Crippen molar-refractivity contribution in [3.63, 3.8) is 0 Å². The smallest absolute Gasteiger partial charge is 0.240 e. The molecule has 186 valence electrons. The molecule has 1 fully saturated rings. The van der Waals surface area contributed by atoms with Crippen LogP contribution in [0.4, 0.5) is 0 Å². The van der Waals surface area contributed by atoms with Crippen LogP contribution in [0, 0.1) is 0 Å². The van der Waals surface area contributed by atoms with Crippen molar-refractivity contribution >= 4 is 10.0 Å². The molecule has 5 nitrogen and oxygen atoms in total. The zero-order chi connectivity index (χ0) is 24.7. The molecule has 0 radical (unpaired) electrons. The van der Waals surface area contributed by atoms with Crippen LogP contribution in [0.3, 0.4) is 0 Å². The highest BCUT2D eigenvalue weighted by molar-refractivity contribution is 7.89. The minimum absolute atomic E-state index is 0.155. The fraction of sp³-hybridized carbons (Fsp3) is 0.379. The largest absolute Gasteiger partial charge is 0.508 e. The standard InChI is InChI=1S/C29H36N2O3S/c1-31(27-7-3-2-4-8-27)21-5-6-23-9-13-25(14-10-23)26-15-19-29(20-16-26)35(33,34)30-22-24-11-17-28(32)18-12-24/h9-20,27,30,32H,2-8,21-22H2,1H3. The van der Waals surface area contributed by atoms with E-state index in [0.717, 1.165) is 42.1 Å². The fourth-order valence-corrected chi connectivity index (χ4v) is 5.82. The predicted molar refractivity (Wildman–Crippen MR) is 142 cm³/mol. The molecule has 3 aromatic rings. The molecule has 0 saturated heterocycles. The average Bonchev–Trinajstić information content (AvgIpc) is 2.89. The predicted octanol–water partition coefficient (Wildman–Crippen LogP) is 5.73. The van der Waals surface area contributed by atoms with E-state index in [9.17, 15) is 13.5 Å². The molecule has 0 amide bonds. The third-order valence-electron chi connectivity index (χ3n) is 7.03. The number of hydrogen-bond donors (Lipinski definition) is 2. The molecule has 6 heteroatoms. The number of aryl methyl sites for hydroxylation is 1. The van der Waals surface area contributed by atoms with Crippen LogP contribution in [0.5, 0.6) is 5.75 Å². The summed E-state index contributed by atoms with van der Waals surface area (Å²) in [6.45, 7) is 1.31. The van der Waals surface area contributed by atoms with E-state index in [1.54, 1.807) is 36.4 Å². The van der Waals surface area contributed by atoms with Crippen LogP contribution >= 0.6 is 0 Å². The zero-order valence-corrected chi connectivity index (χ0v) is 21.3. The highest BCUT2D eigenvalue weighted by Crippen LogP contribution is 2.24. The summed E-state index contributed by atoms with van der Waals surface area (Å²) in [5, 5.41) is 9.36. The molecule has 0 spiro atoms. The Bertz CT molecular complexity index is 1170. The van der Waals surface area contributed by atoms with Crippen molar-refractivity contribution in [2.24, 2.45) is 0 Å². The van der Waals surface area contributed by atoms with Gasteiger partial charge in [-0.25, -0.2) is 13.1 Å². The van der Waals surface area contributed by atoms with E-state index >= 15 is 0 Å². The summed E-state index contributed by atoms with van der Waals surface area (Å²) in [5.74, 6) is 0.155. The maximum absolute atomic E-state index is 12.7. The van der Waals surface area contributed by atoms with E-state index in [4.69, 9.17) is 0 Å². The molecule has 3 aromatic carbocycles. The van der Waals surface area contributed by atoms with Gasteiger partial charge in [-0.15, -0.1) is 0 Å². The topological polar surface area (TPSA) is 69.6 Å². The summed E-state index contributed by atoms with van der Waals surface area (Å²) in [6.07, 6.45) is 9.07. The summed E-state index contributed by atoms with van der Waals surface area (Å²) in [7, 11) is -1.35. The lowest BCUT2D eigenvalue weighted by Gasteiger charge is -2.31. The zero-order valence-electron chi connectivity index (χ0n) is 20.5. The van der Waals surface area contributed by atoms with E-state index in [2.05, 4.69) is 40.9 Å². The lowest BCUT2D eigenvalue weighted by Crippen LogP contribution is -2.34. The van der Waals surface area contributed by atoms with Crippen molar-refractivity contribution in [3.05, 3.63) is 83.9 Å². The Morgan fingerprint density at radius 1 is 0.829 bits per heavy atom. The number of rotatable bonds is 10. The number of hydrogen-bond acceptors (Lipinski definition) is 4. The van der Waals surface area contributed by atoms with Gasteiger partial charge >= 0.3 is 0 Å². The third kappa shape index (κ3) is 7.17. The SMILES string of the molecule is CN(CCCc1ccc(-c2ccc(S(=O)(=O)NCc3ccc(O)cc3)cc2)cc1)C1CCCCC1. The van der Waals surface area contributed by atoms with Gasteiger partial charge in [0.2, 0.25) is 10.0 Å². The van der Waals surface area contributed by atoms with Crippen molar-refractivity contribution in [1.82, 2.24) is 9.62 Å². The Hall–Kier alpha value is -2.67. The van der Waals surface area contributed by atoms with Gasteiger partial charge in [-0.1, -0.05) is 67.8 Å². The molecule has 0 aromatic heterocycles. The Kier molecular flexibility index (Phi) is 8.60. The van der Waals surface area contributed by atoms with Crippen molar-refractivity contribution in [2.45, 2.75) is 62.4 Å². The van der Waals surface area contributed by atoms with Crippen LogP contribution in [0.2, 0.25) is 0 Å². The van der Waals surface area contributed by atoms with Gasteiger partial charge in [-0.3, -0.25) is 0 Å². The molecule has 4 rings (SSSR count). The monoisotopic (exact) mass is 492 g/mol. The normalized spacial score (nSPS) is 14.9. The number of phenols is 1. The molecule has 0 heterocycles. The second kappa shape index (κ2) is 11.8. The Morgan fingerprint density at radius 3 is 2.03 bits per heavy atom. The quantitative estimate of drug-likeness (QED) is 0.379. The van der Waals surface area contributed by atoms with Crippen LogP contribution in [0.1, 0.15) is 49.7 Å². The number of benzene rings is 3. The van der Waals surface area contributed by atoms with Crippen molar-refractivity contribution in [2.75, 3.05) is 13.6 Å². The summed E-state index contributed by atoms with van der Waals surface area (Å²) in [6, 6.07) is 22.8. The Labute approximate surface area is 209 Å². The Balaban J connectivity index is 1.29. The minimum atomic E-state index is -3.62. The number of phenolic OH excluding ortho intramolecular Hbond substituents is 1. The first-order valence-corrected chi connectivity index (χ1v) is 14.1. The number of nitrogens with one attached hydrogen (secondary N) is 1. The average molecular weight is 493 g/mol. The number of nitrogens with zero attached hydrogens (tertiary/aromatic N) is 1. The highest BCUT2D eigenvalue weighted by atomic mass is 32.2. The Morgan fingerprint density at radius 2 is 1.40 bits per heavy atom. The van der Waals surface area contributed by atoms with E-state index < -0.39 is 10.0 Å². The van der Waals surface area contributed by atoms with E-state index in [1.165, 1.54) is 37.7 Å². The lowest BCUT2D eigenvalue weighted by molar-refractivity contribution is 0.190. The van der Waals surface area contributed by atoms with Gasteiger partial charge in [0, 0.05) is 12.6 Å². The molecule has 1 aliphatic rings. The first-order valence-electron chi connectivity index (χ1n) is 12.6. The second-order valence-corrected chi connectivity index (χ2v) is 11.4. The first-order chi connectivity index (χ1) is 16.9. The lowest BCUT2D eigenvalue weighted by atomic mass is 9.94. The van der Waals surface area contributed by atoms with Crippen LogP contribution < -0.4 is 4.72 Å². The van der Waals surface area contributed by atoms with Gasteiger partial charge in [0.05, 0.1) is 4.90 Å². The first kappa shape index (κ1) is 25.4. The van der Waals surface area contributed by atoms with Crippen LogP contribution in [-0.4, -0.2) is 38.1 Å². The van der Waals surface area contributed by atoms with E-state index in [0.29, 0.717) is 0 Å². The summed E-state index contributed by atoms with van der Waals surface area (Å²) >= 11 is 0. The summed E-state index contributed by atoms with van der Waals surface area (Å²) in [5.41, 5.74) is 4.19. The van der Waals surface area contributed by atoms with Crippen LogP contribution in [0.15, 0.2) is 77.7 Å². The van der Waals surface area contributed by atoms with Crippen molar-refractivity contribution in [1.29, 1.82) is 0 Å². The molecule has 2 N–H and O–H groups in total. The van der Waals surface area contributed by atoms with Gasteiger partial charge < -0.3 is 10.0 Å². The molecule has 1 saturated carbocycles. The van der Waals surface area contributed by atoms with Crippen molar-refractivity contribution in [3.8, 4) is 16.9 Å². The highest BCUT2D eigenvalue weighted by Gasteiger charge is 2.17. The maximum Gasteiger partial charge on any atom is 0.240 e. The third-order valence-corrected chi connectivity index (χ3v) is 8.45. The van der Waals surface area contributed by atoms with Crippen molar-refractivity contribution < 1.29 is 13.5 Å². The minimum Gasteiger partial charge on any atom is -0.508 e. The second-order valence-electron chi connectivity index (χ2n) is 9.59. The molecule has 0 unspecified atom stereocenters. The van der Waals surface area contributed by atoms with Gasteiger partial charge in [0.15, 0.2) is 0 Å². The maximum atomic E-state index is 12.7. The molecule has 35 heavy (non-hydrogen) atoms. The van der Waals surface area contributed by atoms with E-state index in [1.807, 2.05) is 12.1 Å². The number of sulfonamides is 1.